The molecule has 1 atom stereocenters. The third kappa shape index (κ3) is 8.56. The molecule has 0 saturated carbocycles. The van der Waals surface area contributed by atoms with Crippen LogP contribution in [0, 0.1) is 0 Å². The standard InChI is InChI=1S/C18H28N2O3.CH4.ClH/c1-2-10-19-16-8-6-15(7-9-16)18(22)23-14-17(21)13-20-11-4-3-5-12-20;;/h6-9,17,19,21H,2-5,10-14H2,1H3;1H4;1H. The summed E-state index contributed by atoms with van der Waals surface area (Å²) in [6.07, 6.45) is 4.07. The number of aliphatic hydroxyl groups excluding tert-OH is 1. The van der Waals surface area contributed by atoms with Crippen LogP contribution in [-0.2, 0) is 4.74 Å². The average Bonchev–Trinajstić information content (AvgIpc) is 2.59. The molecule has 0 aliphatic carbocycles. The predicted molar refractivity (Wildman–Crippen MR) is 106 cm³/mol. The number of piperidine rings is 1. The zero-order chi connectivity index (χ0) is 16.5. The largest absolute Gasteiger partial charge is 0.459 e. The van der Waals surface area contributed by atoms with Crippen LogP contribution in [0.3, 0.4) is 0 Å². The number of likely N-dealkylation sites (tertiary alicyclic amines) is 1. The van der Waals surface area contributed by atoms with Crippen LogP contribution in [0.1, 0.15) is 50.4 Å². The molecule has 144 valence electrons. The normalized spacial score (nSPS) is 15.4. The molecule has 2 N–H and O–H groups in total. The van der Waals surface area contributed by atoms with Crippen LogP contribution < -0.4 is 5.32 Å². The van der Waals surface area contributed by atoms with Crippen molar-refractivity contribution in [3.05, 3.63) is 29.8 Å². The quantitative estimate of drug-likeness (QED) is 0.683. The number of hydrogen-bond acceptors (Lipinski definition) is 5. The van der Waals surface area contributed by atoms with E-state index in [1.54, 1.807) is 12.1 Å². The Morgan fingerprint density at radius 1 is 1.24 bits per heavy atom. The Balaban J connectivity index is 0.00000288. The number of carbonyl (C=O) groups is 1. The zero-order valence-electron chi connectivity index (χ0n) is 14.4. The number of ether oxygens (including phenoxy) is 1. The summed E-state index contributed by atoms with van der Waals surface area (Å²) in [5.74, 6) is -0.385. The first-order valence-corrected chi connectivity index (χ1v) is 8.60. The number of halogens is 1. The molecule has 1 aromatic carbocycles. The van der Waals surface area contributed by atoms with Crippen molar-refractivity contribution in [1.82, 2.24) is 4.90 Å². The van der Waals surface area contributed by atoms with E-state index in [9.17, 15) is 9.90 Å². The molecule has 1 fully saturated rings. The fourth-order valence-electron chi connectivity index (χ4n) is 2.74. The Kier molecular flexibility index (Phi) is 12.3. The van der Waals surface area contributed by atoms with Gasteiger partial charge in [0.25, 0.3) is 0 Å². The Bertz CT molecular complexity index is 476. The lowest BCUT2D eigenvalue weighted by atomic mass is 10.1. The summed E-state index contributed by atoms with van der Waals surface area (Å²) >= 11 is 0. The maximum absolute atomic E-state index is 12.0. The summed E-state index contributed by atoms with van der Waals surface area (Å²) in [6, 6.07) is 7.24. The molecule has 0 radical (unpaired) electrons. The third-order valence-corrected chi connectivity index (χ3v) is 4.02. The number of carbonyl (C=O) groups excluding carboxylic acids is 1. The molecule has 1 aromatic rings. The van der Waals surface area contributed by atoms with Gasteiger partial charge in [0.05, 0.1) is 5.56 Å². The van der Waals surface area contributed by atoms with Gasteiger partial charge in [0.2, 0.25) is 0 Å². The third-order valence-electron chi connectivity index (χ3n) is 4.02. The van der Waals surface area contributed by atoms with Crippen LogP contribution in [0.4, 0.5) is 5.69 Å². The van der Waals surface area contributed by atoms with Gasteiger partial charge in [0.1, 0.15) is 12.7 Å². The summed E-state index contributed by atoms with van der Waals surface area (Å²) in [5.41, 5.74) is 1.51. The fourth-order valence-corrected chi connectivity index (χ4v) is 2.74. The summed E-state index contributed by atoms with van der Waals surface area (Å²) < 4.78 is 5.22. The second-order valence-electron chi connectivity index (χ2n) is 6.12. The van der Waals surface area contributed by atoms with Crippen LogP contribution in [0.15, 0.2) is 24.3 Å². The lowest BCUT2D eigenvalue weighted by Gasteiger charge is -2.28. The van der Waals surface area contributed by atoms with E-state index in [1.165, 1.54) is 19.3 Å². The van der Waals surface area contributed by atoms with Crippen LogP contribution in [0.5, 0.6) is 0 Å². The molecular weight excluding hydrogens is 340 g/mol. The molecule has 1 aliphatic heterocycles. The van der Waals surface area contributed by atoms with Crippen LogP contribution in [0.2, 0.25) is 0 Å². The number of anilines is 1. The van der Waals surface area contributed by atoms with Gasteiger partial charge in [-0.05, 0) is 56.6 Å². The van der Waals surface area contributed by atoms with Gasteiger partial charge in [-0.15, -0.1) is 12.4 Å². The van der Waals surface area contributed by atoms with Gasteiger partial charge in [-0.25, -0.2) is 4.79 Å². The second kappa shape index (κ2) is 13.0. The van der Waals surface area contributed by atoms with Gasteiger partial charge in [0.15, 0.2) is 0 Å². The van der Waals surface area contributed by atoms with E-state index >= 15 is 0 Å². The fraction of sp³-hybridized carbons (Fsp3) is 0.632. The van der Waals surface area contributed by atoms with E-state index in [4.69, 9.17) is 4.74 Å². The topological polar surface area (TPSA) is 61.8 Å². The molecule has 5 nitrogen and oxygen atoms in total. The van der Waals surface area contributed by atoms with E-state index in [-0.39, 0.29) is 32.4 Å². The lowest BCUT2D eigenvalue weighted by molar-refractivity contribution is 0.0138. The number of esters is 1. The highest BCUT2D eigenvalue weighted by molar-refractivity contribution is 5.89. The van der Waals surface area contributed by atoms with Crippen molar-refractivity contribution in [2.45, 2.75) is 46.1 Å². The van der Waals surface area contributed by atoms with Crippen molar-refractivity contribution < 1.29 is 14.6 Å². The first-order valence-electron chi connectivity index (χ1n) is 8.60. The number of aliphatic hydroxyl groups is 1. The molecule has 0 aromatic heterocycles. The lowest BCUT2D eigenvalue weighted by Crippen LogP contribution is -2.38. The van der Waals surface area contributed by atoms with Crippen molar-refractivity contribution in [1.29, 1.82) is 0 Å². The van der Waals surface area contributed by atoms with Gasteiger partial charge in [-0.1, -0.05) is 20.8 Å². The van der Waals surface area contributed by atoms with Crippen molar-refractivity contribution >= 4 is 24.1 Å². The van der Waals surface area contributed by atoms with E-state index in [2.05, 4.69) is 17.1 Å². The first kappa shape index (κ1) is 23.7. The highest BCUT2D eigenvalue weighted by Crippen LogP contribution is 2.12. The SMILES string of the molecule is C.CCCNc1ccc(C(=O)OCC(O)CN2CCCCC2)cc1.Cl. The van der Waals surface area contributed by atoms with Gasteiger partial charge < -0.3 is 20.1 Å². The number of nitrogens with one attached hydrogen (secondary N) is 1. The van der Waals surface area contributed by atoms with E-state index in [1.807, 2.05) is 12.1 Å². The molecular formula is C19H33ClN2O3. The maximum Gasteiger partial charge on any atom is 0.338 e. The van der Waals surface area contributed by atoms with Gasteiger partial charge >= 0.3 is 5.97 Å². The number of benzene rings is 1. The molecule has 1 heterocycles. The molecule has 6 heteroatoms. The maximum atomic E-state index is 12.0. The number of nitrogens with zero attached hydrogens (tertiary/aromatic N) is 1. The summed E-state index contributed by atoms with van der Waals surface area (Å²) in [6.45, 7) is 5.69. The van der Waals surface area contributed by atoms with Crippen LogP contribution >= 0.6 is 12.4 Å². The first-order chi connectivity index (χ1) is 11.2. The van der Waals surface area contributed by atoms with Crippen molar-refractivity contribution in [3.8, 4) is 0 Å². The molecule has 1 unspecified atom stereocenters. The number of hydrogen-bond donors (Lipinski definition) is 2. The van der Waals surface area contributed by atoms with Crippen molar-refractivity contribution in [3.63, 3.8) is 0 Å². The summed E-state index contributed by atoms with van der Waals surface area (Å²) in [5, 5.41) is 13.3. The Morgan fingerprint density at radius 3 is 2.48 bits per heavy atom. The van der Waals surface area contributed by atoms with Crippen molar-refractivity contribution in [2.24, 2.45) is 0 Å². The van der Waals surface area contributed by atoms with Gasteiger partial charge in [-0.3, -0.25) is 0 Å². The zero-order valence-corrected chi connectivity index (χ0v) is 15.2. The molecule has 25 heavy (non-hydrogen) atoms. The highest BCUT2D eigenvalue weighted by Gasteiger charge is 2.16. The van der Waals surface area contributed by atoms with Gasteiger partial charge in [0, 0.05) is 18.8 Å². The molecule has 0 bridgehead atoms. The minimum atomic E-state index is -0.623. The minimum absolute atomic E-state index is 0. The Hall–Kier alpha value is -1.30. The van der Waals surface area contributed by atoms with E-state index in [0.29, 0.717) is 12.1 Å². The highest BCUT2D eigenvalue weighted by atomic mass is 35.5. The Labute approximate surface area is 158 Å². The molecule has 0 amide bonds. The Morgan fingerprint density at radius 2 is 1.88 bits per heavy atom. The van der Waals surface area contributed by atoms with E-state index in [0.717, 1.165) is 31.7 Å². The molecule has 0 spiro atoms. The second-order valence-corrected chi connectivity index (χ2v) is 6.12. The van der Waals surface area contributed by atoms with Crippen LogP contribution in [-0.4, -0.2) is 54.9 Å². The number of rotatable bonds is 8. The summed E-state index contributed by atoms with van der Waals surface area (Å²) in [4.78, 5) is 14.2. The number of β-amino-alcohol motifs (C(OH)–C–C–N with tert-alkyl or cyclic N) is 1. The predicted octanol–water partition coefficient (Wildman–Crippen LogP) is 3.57. The van der Waals surface area contributed by atoms with Crippen LogP contribution in [0.25, 0.3) is 0 Å². The smallest absolute Gasteiger partial charge is 0.338 e. The average molecular weight is 373 g/mol. The molecule has 1 aliphatic rings. The summed E-state index contributed by atoms with van der Waals surface area (Å²) in [7, 11) is 0. The van der Waals surface area contributed by atoms with E-state index < -0.39 is 6.10 Å². The van der Waals surface area contributed by atoms with Gasteiger partial charge in [-0.2, -0.15) is 0 Å². The van der Waals surface area contributed by atoms with Crippen molar-refractivity contribution in [2.75, 3.05) is 38.1 Å². The minimum Gasteiger partial charge on any atom is -0.459 e. The monoisotopic (exact) mass is 372 g/mol. The molecule has 1 saturated heterocycles. The molecule has 2 rings (SSSR count).